The van der Waals surface area contributed by atoms with E-state index in [1.165, 1.54) is 44.9 Å². The number of piperazine rings is 1. The standard InChI is InChI=1S/C34H55N3O4/c1-21-7-12-34(40-20-21)22(2)31-28(41-34)18-27-25-6-5-23-17-24(8-10-32(23,3)26(25)9-11-33(27,31)4)36-29(38)19-30(39)37-15-13-35-14-16-37/h21-28,31,35H,5-20H2,1-4H3,(H,36,38)/t21-,22-,23+,24-,25+,26-,27-,28-,31-,32-,33-,34+/m0/s1. The Labute approximate surface area is 247 Å². The largest absolute Gasteiger partial charge is 0.353 e. The quantitative estimate of drug-likeness (QED) is 0.480. The van der Waals surface area contributed by atoms with Gasteiger partial charge in [0.1, 0.15) is 6.42 Å². The highest BCUT2D eigenvalue weighted by Crippen LogP contribution is 2.71. The first kappa shape index (κ1) is 28.6. The molecule has 7 heteroatoms. The number of carbonyl (C=O) groups is 2. The van der Waals surface area contributed by atoms with Crippen molar-refractivity contribution in [2.45, 2.75) is 116 Å². The highest BCUT2D eigenvalue weighted by molar-refractivity contribution is 5.97. The van der Waals surface area contributed by atoms with E-state index in [0.29, 0.717) is 53.7 Å². The average molecular weight is 570 g/mol. The molecule has 0 aromatic rings. The summed E-state index contributed by atoms with van der Waals surface area (Å²) < 4.78 is 13.5. The summed E-state index contributed by atoms with van der Waals surface area (Å²) in [6.45, 7) is 13.9. The zero-order valence-corrected chi connectivity index (χ0v) is 26.1. The predicted molar refractivity (Wildman–Crippen MR) is 158 cm³/mol. The van der Waals surface area contributed by atoms with E-state index in [1.807, 2.05) is 4.90 Å². The summed E-state index contributed by atoms with van der Waals surface area (Å²) in [7, 11) is 0. The second kappa shape index (κ2) is 10.5. The minimum absolute atomic E-state index is 0.00241. The fourth-order valence-electron chi connectivity index (χ4n) is 11.8. The van der Waals surface area contributed by atoms with Crippen LogP contribution in [0.1, 0.15) is 98.3 Å². The first-order valence-corrected chi connectivity index (χ1v) is 17.2. The molecule has 41 heavy (non-hydrogen) atoms. The van der Waals surface area contributed by atoms with Crippen LogP contribution in [0.5, 0.6) is 0 Å². The van der Waals surface area contributed by atoms with Crippen molar-refractivity contribution in [3.63, 3.8) is 0 Å². The van der Waals surface area contributed by atoms with Gasteiger partial charge in [0.15, 0.2) is 5.79 Å². The number of carbonyl (C=O) groups excluding carboxylic acids is 2. The molecular weight excluding hydrogens is 514 g/mol. The first-order valence-electron chi connectivity index (χ1n) is 17.2. The monoisotopic (exact) mass is 569 g/mol. The van der Waals surface area contributed by atoms with Crippen LogP contribution >= 0.6 is 0 Å². The number of hydrogen-bond acceptors (Lipinski definition) is 5. The van der Waals surface area contributed by atoms with E-state index in [4.69, 9.17) is 9.47 Å². The van der Waals surface area contributed by atoms with Crippen LogP contribution in [-0.4, -0.2) is 67.4 Å². The summed E-state index contributed by atoms with van der Waals surface area (Å²) in [6.07, 6.45) is 12.5. The molecule has 0 bridgehead atoms. The molecule has 3 heterocycles. The van der Waals surface area contributed by atoms with Gasteiger partial charge in [-0.3, -0.25) is 9.59 Å². The molecule has 3 saturated heterocycles. The van der Waals surface area contributed by atoms with E-state index in [0.717, 1.165) is 56.7 Å². The van der Waals surface area contributed by atoms with Crippen LogP contribution < -0.4 is 10.6 Å². The number of amides is 2. The molecule has 0 radical (unpaired) electrons. The molecule has 7 rings (SSSR count). The maximum Gasteiger partial charge on any atom is 0.232 e. The van der Waals surface area contributed by atoms with Crippen LogP contribution in [0.15, 0.2) is 0 Å². The van der Waals surface area contributed by atoms with Gasteiger partial charge in [0, 0.05) is 44.6 Å². The Morgan fingerprint density at radius 2 is 1.71 bits per heavy atom. The van der Waals surface area contributed by atoms with Crippen LogP contribution in [0.3, 0.4) is 0 Å². The highest BCUT2D eigenvalue weighted by Gasteiger charge is 2.69. The Bertz CT molecular complexity index is 1020. The van der Waals surface area contributed by atoms with Crippen LogP contribution in [0, 0.1) is 52.3 Å². The van der Waals surface area contributed by atoms with Gasteiger partial charge in [0.2, 0.25) is 11.8 Å². The number of nitrogens with zero attached hydrogens (tertiary/aromatic N) is 1. The van der Waals surface area contributed by atoms with Gasteiger partial charge >= 0.3 is 0 Å². The molecule has 1 spiro atoms. The van der Waals surface area contributed by atoms with Crippen molar-refractivity contribution in [1.82, 2.24) is 15.5 Å². The van der Waals surface area contributed by atoms with Gasteiger partial charge in [-0.1, -0.05) is 27.7 Å². The van der Waals surface area contributed by atoms with Crippen molar-refractivity contribution in [2.75, 3.05) is 32.8 Å². The summed E-state index contributed by atoms with van der Waals surface area (Å²) in [5, 5.41) is 6.56. The highest BCUT2D eigenvalue weighted by atomic mass is 16.7. The van der Waals surface area contributed by atoms with E-state index >= 15 is 0 Å². The third kappa shape index (κ3) is 4.61. The van der Waals surface area contributed by atoms with Crippen molar-refractivity contribution >= 4 is 11.8 Å². The van der Waals surface area contributed by atoms with Gasteiger partial charge in [0.25, 0.3) is 0 Å². The smallest absolute Gasteiger partial charge is 0.232 e. The average Bonchev–Trinajstić information content (AvgIpc) is 3.40. The minimum Gasteiger partial charge on any atom is -0.353 e. The molecule has 0 aromatic carbocycles. The summed E-state index contributed by atoms with van der Waals surface area (Å²) in [4.78, 5) is 27.3. The lowest BCUT2D eigenvalue weighted by Gasteiger charge is -2.61. The summed E-state index contributed by atoms with van der Waals surface area (Å²) >= 11 is 0. The molecule has 7 aliphatic rings. The van der Waals surface area contributed by atoms with Crippen molar-refractivity contribution in [2.24, 2.45) is 52.3 Å². The summed E-state index contributed by atoms with van der Waals surface area (Å²) in [6, 6.07) is 0.219. The van der Waals surface area contributed by atoms with E-state index in [9.17, 15) is 9.59 Å². The fourth-order valence-corrected chi connectivity index (χ4v) is 11.8. The van der Waals surface area contributed by atoms with Crippen LogP contribution in [0.2, 0.25) is 0 Å². The number of ether oxygens (including phenoxy) is 2. The zero-order valence-electron chi connectivity index (χ0n) is 26.1. The van der Waals surface area contributed by atoms with Gasteiger partial charge in [-0.15, -0.1) is 0 Å². The zero-order chi connectivity index (χ0) is 28.6. The van der Waals surface area contributed by atoms with Crippen LogP contribution in [0.4, 0.5) is 0 Å². The van der Waals surface area contributed by atoms with Gasteiger partial charge in [-0.05, 0) is 104 Å². The van der Waals surface area contributed by atoms with Crippen molar-refractivity contribution < 1.29 is 19.1 Å². The third-order valence-electron chi connectivity index (χ3n) is 14.1. The topological polar surface area (TPSA) is 79.9 Å². The molecule has 3 aliphatic heterocycles. The molecule has 2 amide bonds. The SMILES string of the molecule is C[C@H]1CC[C@@]2(OC1)O[C@H]1C[C@H]3[C@@H]4CC[C@@H]5C[C@@H](NC(=O)CC(=O)N6CCNCC6)CC[C@]5(C)[C@H]4CC[C@]3(C)[C@H]1[C@@H]2C. The molecular formula is C34H55N3O4. The van der Waals surface area contributed by atoms with Crippen molar-refractivity contribution in [1.29, 1.82) is 0 Å². The van der Waals surface area contributed by atoms with Gasteiger partial charge in [-0.2, -0.15) is 0 Å². The Morgan fingerprint density at radius 1 is 0.927 bits per heavy atom. The Morgan fingerprint density at radius 3 is 2.46 bits per heavy atom. The Balaban J connectivity index is 0.984. The fraction of sp³-hybridized carbons (Fsp3) is 0.941. The lowest BCUT2D eigenvalue weighted by Crippen LogP contribution is -2.56. The predicted octanol–water partition coefficient (Wildman–Crippen LogP) is 4.74. The molecule has 4 saturated carbocycles. The molecule has 12 atom stereocenters. The number of rotatable bonds is 3. The molecule has 4 aliphatic carbocycles. The Hall–Kier alpha value is -1.18. The second-order valence-corrected chi connectivity index (χ2v) is 16.0. The molecule has 230 valence electrons. The van der Waals surface area contributed by atoms with E-state index in [2.05, 4.69) is 38.3 Å². The summed E-state index contributed by atoms with van der Waals surface area (Å²) in [5.74, 6) is 4.37. The van der Waals surface area contributed by atoms with Gasteiger partial charge in [0.05, 0.1) is 12.7 Å². The lowest BCUT2D eigenvalue weighted by atomic mass is 9.44. The molecule has 7 nitrogen and oxygen atoms in total. The van der Waals surface area contributed by atoms with Crippen molar-refractivity contribution in [3.8, 4) is 0 Å². The first-order chi connectivity index (χ1) is 19.6. The number of hydrogen-bond donors (Lipinski definition) is 2. The number of nitrogens with one attached hydrogen (secondary N) is 2. The Kier molecular flexibility index (Phi) is 7.30. The van der Waals surface area contributed by atoms with Gasteiger partial charge in [-0.25, -0.2) is 0 Å². The second-order valence-electron chi connectivity index (χ2n) is 16.0. The normalized spacial score (nSPS) is 50.9. The van der Waals surface area contributed by atoms with Gasteiger partial charge < -0.3 is 25.0 Å². The van der Waals surface area contributed by atoms with E-state index in [-0.39, 0.29) is 30.1 Å². The van der Waals surface area contributed by atoms with Crippen molar-refractivity contribution in [3.05, 3.63) is 0 Å². The molecule has 7 fully saturated rings. The molecule has 0 aromatic heterocycles. The van der Waals surface area contributed by atoms with Crippen LogP contribution in [0.25, 0.3) is 0 Å². The van der Waals surface area contributed by atoms with E-state index in [1.54, 1.807) is 0 Å². The maximum absolute atomic E-state index is 12.8. The van der Waals surface area contributed by atoms with E-state index < -0.39 is 0 Å². The lowest BCUT2D eigenvalue weighted by molar-refractivity contribution is -0.273. The molecule has 2 N–H and O–H groups in total. The maximum atomic E-state index is 12.8. The summed E-state index contributed by atoms with van der Waals surface area (Å²) in [5.41, 5.74) is 0.739. The third-order valence-corrected chi connectivity index (χ3v) is 14.1. The molecule has 0 unspecified atom stereocenters. The number of fused-ring (bicyclic) bond motifs is 7. The minimum atomic E-state index is -0.325. The van der Waals surface area contributed by atoms with Crippen LogP contribution in [-0.2, 0) is 19.1 Å².